The van der Waals surface area contributed by atoms with E-state index in [1.165, 1.54) is 18.6 Å². The molecule has 1 fully saturated rings. The zero-order valence-electron chi connectivity index (χ0n) is 13.9. The van der Waals surface area contributed by atoms with Gasteiger partial charge < -0.3 is 8.94 Å². The minimum Gasteiger partial charge on any atom is -0.419 e. The SMILES string of the molecule is CN(Cc1noc(C2CCC2)n1)Cc1nnc(-c2cccc(F)c2)o1. The van der Waals surface area contributed by atoms with E-state index in [1.807, 2.05) is 11.9 Å². The number of hydrogen-bond acceptors (Lipinski definition) is 7. The van der Waals surface area contributed by atoms with Gasteiger partial charge in [-0.25, -0.2) is 4.39 Å². The zero-order chi connectivity index (χ0) is 17.2. The second-order valence-corrected chi connectivity index (χ2v) is 6.36. The van der Waals surface area contributed by atoms with Crippen molar-refractivity contribution in [1.82, 2.24) is 25.2 Å². The van der Waals surface area contributed by atoms with Crippen LogP contribution in [-0.4, -0.2) is 32.3 Å². The average molecular weight is 343 g/mol. The molecule has 2 aromatic heterocycles. The summed E-state index contributed by atoms with van der Waals surface area (Å²) in [4.78, 5) is 6.41. The van der Waals surface area contributed by atoms with E-state index in [0.29, 0.717) is 42.2 Å². The molecule has 1 saturated carbocycles. The number of nitrogens with zero attached hydrogens (tertiary/aromatic N) is 5. The van der Waals surface area contributed by atoms with Crippen molar-refractivity contribution in [2.24, 2.45) is 0 Å². The first-order valence-corrected chi connectivity index (χ1v) is 8.27. The molecule has 0 amide bonds. The summed E-state index contributed by atoms with van der Waals surface area (Å²) in [5.41, 5.74) is 0.560. The van der Waals surface area contributed by atoms with E-state index in [9.17, 15) is 4.39 Å². The van der Waals surface area contributed by atoms with Gasteiger partial charge in [-0.05, 0) is 38.1 Å². The fourth-order valence-electron chi connectivity index (χ4n) is 2.74. The van der Waals surface area contributed by atoms with Crippen LogP contribution >= 0.6 is 0 Å². The Morgan fingerprint density at radius 3 is 2.88 bits per heavy atom. The monoisotopic (exact) mass is 343 g/mol. The number of aromatic nitrogens is 4. The van der Waals surface area contributed by atoms with E-state index in [4.69, 9.17) is 8.94 Å². The molecule has 0 aliphatic heterocycles. The van der Waals surface area contributed by atoms with Gasteiger partial charge in [0.2, 0.25) is 17.7 Å². The van der Waals surface area contributed by atoms with Crippen LogP contribution in [0.25, 0.3) is 11.5 Å². The second kappa shape index (κ2) is 6.72. The summed E-state index contributed by atoms with van der Waals surface area (Å²) < 4.78 is 24.2. The zero-order valence-corrected chi connectivity index (χ0v) is 13.9. The van der Waals surface area contributed by atoms with Crippen molar-refractivity contribution >= 4 is 0 Å². The fourth-order valence-corrected chi connectivity index (χ4v) is 2.74. The Kier molecular flexibility index (Phi) is 4.27. The first kappa shape index (κ1) is 15.9. The normalized spacial score (nSPS) is 14.8. The molecule has 1 aromatic carbocycles. The molecule has 4 rings (SSSR count). The highest BCUT2D eigenvalue weighted by atomic mass is 19.1. The van der Waals surface area contributed by atoms with Gasteiger partial charge in [0.15, 0.2) is 5.82 Å². The van der Waals surface area contributed by atoms with Crippen LogP contribution in [-0.2, 0) is 13.1 Å². The van der Waals surface area contributed by atoms with E-state index in [2.05, 4.69) is 20.3 Å². The van der Waals surface area contributed by atoms with Gasteiger partial charge in [-0.3, -0.25) is 4.90 Å². The van der Waals surface area contributed by atoms with Crippen molar-refractivity contribution in [2.45, 2.75) is 38.3 Å². The maximum Gasteiger partial charge on any atom is 0.247 e. The van der Waals surface area contributed by atoms with Gasteiger partial charge in [-0.1, -0.05) is 17.6 Å². The Labute approximate surface area is 143 Å². The second-order valence-electron chi connectivity index (χ2n) is 6.36. The third-order valence-corrected chi connectivity index (χ3v) is 4.29. The van der Waals surface area contributed by atoms with Crippen LogP contribution in [0.4, 0.5) is 4.39 Å². The first-order valence-electron chi connectivity index (χ1n) is 8.27. The predicted octanol–water partition coefficient (Wildman–Crippen LogP) is 3.16. The highest BCUT2D eigenvalue weighted by Crippen LogP contribution is 2.35. The van der Waals surface area contributed by atoms with Crippen molar-refractivity contribution < 1.29 is 13.3 Å². The Morgan fingerprint density at radius 1 is 1.24 bits per heavy atom. The van der Waals surface area contributed by atoms with Gasteiger partial charge in [0.05, 0.1) is 13.1 Å². The lowest BCUT2D eigenvalue weighted by atomic mass is 9.85. The van der Waals surface area contributed by atoms with E-state index >= 15 is 0 Å². The Morgan fingerprint density at radius 2 is 2.12 bits per heavy atom. The molecular formula is C17H18FN5O2. The lowest BCUT2D eigenvalue weighted by Gasteiger charge is -2.20. The van der Waals surface area contributed by atoms with Crippen LogP contribution in [0.2, 0.25) is 0 Å². The minimum absolute atomic E-state index is 0.301. The van der Waals surface area contributed by atoms with Crippen LogP contribution in [0.5, 0.6) is 0 Å². The van der Waals surface area contributed by atoms with Gasteiger partial charge in [0, 0.05) is 11.5 Å². The number of hydrogen-bond donors (Lipinski definition) is 0. The summed E-state index contributed by atoms with van der Waals surface area (Å²) >= 11 is 0. The maximum absolute atomic E-state index is 13.3. The first-order chi connectivity index (χ1) is 12.2. The predicted molar refractivity (Wildman–Crippen MR) is 85.8 cm³/mol. The largest absolute Gasteiger partial charge is 0.419 e. The molecule has 2 heterocycles. The summed E-state index contributed by atoms with van der Waals surface area (Å²) in [5, 5.41) is 12.0. The quantitative estimate of drug-likeness (QED) is 0.680. The lowest BCUT2D eigenvalue weighted by Crippen LogP contribution is -2.18. The molecule has 25 heavy (non-hydrogen) atoms. The highest BCUT2D eigenvalue weighted by molar-refractivity contribution is 5.52. The Bertz CT molecular complexity index is 858. The molecule has 0 bridgehead atoms. The third-order valence-electron chi connectivity index (χ3n) is 4.29. The summed E-state index contributed by atoms with van der Waals surface area (Å²) in [6.07, 6.45) is 3.48. The molecule has 1 aliphatic rings. The molecule has 0 atom stereocenters. The molecule has 0 unspecified atom stereocenters. The molecular weight excluding hydrogens is 325 g/mol. The lowest BCUT2D eigenvalue weighted by molar-refractivity contribution is 0.266. The van der Waals surface area contributed by atoms with Crippen LogP contribution in [0.3, 0.4) is 0 Å². The maximum atomic E-state index is 13.3. The van der Waals surface area contributed by atoms with Crippen LogP contribution in [0, 0.1) is 5.82 Å². The van der Waals surface area contributed by atoms with Gasteiger partial charge >= 0.3 is 0 Å². The van der Waals surface area contributed by atoms with Gasteiger partial charge in [0.25, 0.3) is 0 Å². The molecule has 0 N–H and O–H groups in total. The minimum atomic E-state index is -0.339. The van der Waals surface area contributed by atoms with Crippen LogP contribution in [0.1, 0.15) is 42.8 Å². The number of rotatable bonds is 6. The van der Waals surface area contributed by atoms with Crippen LogP contribution < -0.4 is 0 Å². The summed E-state index contributed by atoms with van der Waals surface area (Å²) in [7, 11) is 1.91. The Hall–Kier alpha value is -2.61. The van der Waals surface area contributed by atoms with Crippen molar-refractivity contribution in [3.05, 3.63) is 47.7 Å². The van der Waals surface area contributed by atoms with Gasteiger partial charge in [-0.2, -0.15) is 4.98 Å². The Balaban J connectivity index is 1.37. The molecule has 8 heteroatoms. The van der Waals surface area contributed by atoms with Gasteiger partial charge in [0.1, 0.15) is 5.82 Å². The molecule has 0 saturated heterocycles. The van der Waals surface area contributed by atoms with Gasteiger partial charge in [-0.15, -0.1) is 10.2 Å². The fraction of sp³-hybridized carbons (Fsp3) is 0.412. The van der Waals surface area contributed by atoms with Crippen molar-refractivity contribution in [1.29, 1.82) is 0 Å². The van der Waals surface area contributed by atoms with Crippen molar-refractivity contribution in [3.8, 4) is 11.5 Å². The summed E-state index contributed by atoms with van der Waals surface area (Å²) in [5.74, 6) is 2.22. The van der Waals surface area contributed by atoms with Crippen LogP contribution in [0.15, 0.2) is 33.2 Å². The van der Waals surface area contributed by atoms with E-state index in [1.54, 1.807) is 12.1 Å². The third kappa shape index (κ3) is 3.58. The number of benzene rings is 1. The molecule has 0 spiro atoms. The smallest absolute Gasteiger partial charge is 0.247 e. The summed E-state index contributed by atoms with van der Waals surface area (Å²) in [6.45, 7) is 0.962. The molecule has 0 radical (unpaired) electrons. The number of halogens is 1. The molecule has 130 valence electrons. The molecule has 7 nitrogen and oxygen atoms in total. The van der Waals surface area contributed by atoms with E-state index in [-0.39, 0.29) is 5.82 Å². The van der Waals surface area contributed by atoms with Crippen molar-refractivity contribution in [3.63, 3.8) is 0 Å². The molecule has 1 aliphatic carbocycles. The molecule has 3 aromatic rings. The van der Waals surface area contributed by atoms with Crippen molar-refractivity contribution in [2.75, 3.05) is 7.05 Å². The highest BCUT2D eigenvalue weighted by Gasteiger charge is 2.25. The topological polar surface area (TPSA) is 81.1 Å². The standard InChI is InChI=1S/C17H18FN5O2/c1-23(9-14-19-16(25-22-14)11-4-2-5-11)10-15-20-21-17(24-15)12-6-3-7-13(18)8-12/h3,6-8,11H,2,4-5,9-10H2,1H3. The van der Waals surface area contributed by atoms with E-state index < -0.39 is 0 Å². The average Bonchev–Trinajstić information content (AvgIpc) is 3.15. The summed E-state index contributed by atoms with van der Waals surface area (Å²) in [6, 6.07) is 6.07. The van der Waals surface area contributed by atoms with E-state index in [0.717, 1.165) is 18.7 Å².